The summed E-state index contributed by atoms with van der Waals surface area (Å²) < 4.78 is 1.53. The Morgan fingerprint density at radius 1 is 1.21 bits per heavy atom. The van der Waals surface area contributed by atoms with Crippen LogP contribution < -0.4 is 5.32 Å². The van der Waals surface area contributed by atoms with E-state index in [-0.39, 0.29) is 11.2 Å². The summed E-state index contributed by atoms with van der Waals surface area (Å²) in [6.07, 6.45) is 6.57. The Labute approximate surface area is 144 Å². The van der Waals surface area contributed by atoms with E-state index in [2.05, 4.69) is 32.5 Å². The molecule has 0 spiro atoms. The molecule has 24 heavy (non-hydrogen) atoms. The fraction of sp³-hybridized carbons (Fsp3) is 0.176. The molecule has 7 heteroatoms. The topological polar surface area (TPSA) is 72.7 Å². The van der Waals surface area contributed by atoms with Gasteiger partial charge in [-0.25, -0.2) is 14.6 Å². The molecule has 0 saturated heterocycles. The van der Waals surface area contributed by atoms with Crippen LogP contribution >= 0.6 is 11.8 Å². The number of aromatic nitrogens is 4. The van der Waals surface area contributed by atoms with Gasteiger partial charge >= 0.3 is 0 Å². The standard InChI is InChI=1S/C17H17N5OS/c1-13(24-12-14-6-3-2-4-7-14)16(23)21-15-10-20-22(11-15)17-18-8-5-9-19-17/h2-11,13H,12H2,1H3,(H,21,23)/t13-/m0/s1. The van der Waals surface area contributed by atoms with E-state index in [0.717, 1.165) is 5.75 Å². The Hall–Kier alpha value is -2.67. The van der Waals surface area contributed by atoms with E-state index >= 15 is 0 Å². The molecule has 1 atom stereocenters. The van der Waals surface area contributed by atoms with Crippen molar-refractivity contribution in [2.45, 2.75) is 17.9 Å². The zero-order valence-electron chi connectivity index (χ0n) is 13.2. The molecule has 122 valence electrons. The number of thioether (sulfide) groups is 1. The lowest BCUT2D eigenvalue weighted by Gasteiger charge is -2.10. The van der Waals surface area contributed by atoms with Crippen LogP contribution in [0.15, 0.2) is 61.2 Å². The van der Waals surface area contributed by atoms with Crippen molar-refractivity contribution in [2.75, 3.05) is 5.32 Å². The lowest BCUT2D eigenvalue weighted by atomic mass is 10.2. The summed E-state index contributed by atoms with van der Waals surface area (Å²) in [4.78, 5) is 20.5. The number of rotatable bonds is 6. The number of hydrogen-bond acceptors (Lipinski definition) is 5. The van der Waals surface area contributed by atoms with Gasteiger partial charge in [-0.15, -0.1) is 11.8 Å². The summed E-state index contributed by atoms with van der Waals surface area (Å²) in [7, 11) is 0. The van der Waals surface area contributed by atoms with Gasteiger partial charge in [0.1, 0.15) is 0 Å². The summed E-state index contributed by atoms with van der Waals surface area (Å²) in [5.41, 5.74) is 1.83. The number of amides is 1. The van der Waals surface area contributed by atoms with Crippen molar-refractivity contribution in [3.63, 3.8) is 0 Å². The molecule has 2 heterocycles. The average Bonchev–Trinajstić information content (AvgIpc) is 3.10. The van der Waals surface area contributed by atoms with Crippen molar-refractivity contribution in [2.24, 2.45) is 0 Å². The van der Waals surface area contributed by atoms with Crippen molar-refractivity contribution in [1.82, 2.24) is 19.7 Å². The second kappa shape index (κ2) is 7.74. The van der Waals surface area contributed by atoms with E-state index in [0.29, 0.717) is 11.6 Å². The fourth-order valence-corrected chi connectivity index (χ4v) is 2.87. The van der Waals surface area contributed by atoms with Gasteiger partial charge in [-0.2, -0.15) is 5.10 Å². The maximum atomic E-state index is 12.3. The average molecular weight is 339 g/mol. The highest BCUT2D eigenvalue weighted by Gasteiger charge is 2.14. The van der Waals surface area contributed by atoms with Gasteiger partial charge < -0.3 is 5.32 Å². The molecule has 0 saturated carbocycles. The van der Waals surface area contributed by atoms with Crippen molar-refractivity contribution >= 4 is 23.4 Å². The van der Waals surface area contributed by atoms with E-state index in [1.165, 1.54) is 10.2 Å². The molecule has 0 aliphatic carbocycles. The molecule has 3 aromatic rings. The minimum absolute atomic E-state index is 0.0514. The van der Waals surface area contributed by atoms with Crippen LogP contribution in [0.2, 0.25) is 0 Å². The first kappa shape index (κ1) is 16.2. The third-order valence-corrected chi connectivity index (χ3v) is 4.53. The van der Waals surface area contributed by atoms with Crippen LogP contribution in [0.5, 0.6) is 0 Å². The summed E-state index contributed by atoms with van der Waals surface area (Å²) in [5.74, 6) is 1.21. The first-order valence-electron chi connectivity index (χ1n) is 7.51. The van der Waals surface area contributed by atoms with Gasteiger partial charge in [-0.1, -0.05) is 30.3 Å². The molecule has 0 unspecified atom stereocenters. The highest BCUT2D eigenvalue weighted by atomic mass is 32.2. The second-order valence-corrected chi connectivity index (χ2v) is 6.48. The largest absolute Gasteiger partial charge is 0.322 e. The first-order valence-corrected chi connectivity index (χ1v) is 8.56. The predicted octanol–water partition coefficient (Wildman–Crippen LogP) is 2.92. The number of benzene rings is 1. The third-order valence-electron chi connectivity index (χ3n) is 3.32. The van der Waals surface area contributed by atoms with E-state index in [1.54, 1.807) is 42.6 Å². The third kappa shape index (κ3) is 4.20. The Morgan fingerprint density at radius 3 is 2.71 bits per heavy atom. The number of carbonyl (C=O) groups excluding carboxylic acids is 1. The zero-order chi connectivity index (χ0) is 16.8. The van der Waals surface area contributed by atoms with Crippen molar-refractivity contribution in [3.8, 4) is 5.95 Å². The Morgan fingerprint density at radius 2 is 1.96 bits per heavy atom. The molecule has 2 aromatic heterocycles. The van der Waals surface area contributed by atoms with Gasteiger partial charge in [0, 0.05) is 18.1 Å². The van der Waals surface area contributed by atoms with Gasteiger partial charge in [0.25, 0.3) is 0 Å². The van der Waals surface area contributed by atoms with E-state index in [9.17, 15) is 4.79 Å². The number of nitrogens with zero attached hydrogens (tertiary/aromatic N) is 4. The minimum Gasteiger partial charge on any atom is -0.322 e. The predicted molar refractivity (Wildman–Crippen MR) is 95.0 cm³/mol. The van der Waals surface area contributed by atoms with Crippen LogP contribution in [0.4, 0.5) is 5.69 Å². The molecule has 1 N–H and O–H groups in total. The van der Waals surface area contributed by atoms with Gasteiger partial charge in [-0.3, -0.25) is 4.79 Å². The summed E-state index contributed by atoms with van der Waals surface area (Å²) in [5, 5.41) is 6.87. The van der Waals surface area contributed by atoms with Gasteiger partial charge in [0.2, 0.25) is 11.9 Å². The molecule has 0 fully saturated rings. The van der Waals surface area contributed by atoms with Crippen LogP contribution in [0, 0.1) is 0 Å². The molecule has 1 aromatic carbocycles. The Kier molecular flexibility index (Phi) is 5.22. The van der Waals surface area contributed by atoms with Crippen LogP contribution in [-0.2, 0) is 10.5 Å². The van der Waals surface area contributed by atoms with Crippen molar-refractivity contribution < 1.29 is 4.79 Å². The molecule has 0 aliphatic rings. The molecule has 0 aliphatic heterocycles. The quantitative estimate of drug-likeness (QED) is 0.747. The maximum Gasteiger partial charge on any atom is 0.250 e. The number of carbonyl (C=O) groups is 1. The van der Waals surface area contributed by atoms with Crippen LogP contribution in [-0.4, -0.2) is 30.9 Å². The van der Waals surface area contributed by atoms with Gasteiger partial charge in [0.15, 0.2) is 0 Å². The van der Waals surface area contributed by atoms with Crippen LogP contribution in [0.3, 0.4) is 0 Å². The van der Waals surface area contributed by atoms with Crippen LogP contribution in [0.1, 0.15) is 12.5 Å². The normalized spacial score (nSPS) is 11.9. The van der Waals surface area contributed by atoms with Gasteiger partial charge in [0.05, 0.1) is 23.3 Å². The molecular weight excluding hydrogens is 322 g/mol. The molecule has 6 nitrogen and oxygen atoms in total. The number of nitrogens with one attached hydrogen (secondary N) is 1. The molecule has 3 rings (SSSR count). The molecular formula is C17H17N5OS. The fourth-order valence-electron chi connectivity index (χ4n) is 2.02. The summed E-state index contributed by atoms with van der Waals surface area (Å²) in [6, 6.07) is 11.8. The minimum atomic E-state index is -0.165. The maximum absolute atomic E-state index is 12.3. The second-order valence-electron chi connectivity index (χ2n) is 5.15. The summed E-state index contributed by atoms with van der Waals surface area (Å²) in [6.45, 7) is 1.90. The van der Waals surface area contributed by atoms with Crippen molar-refractivity contribution in [3.05, 3.63) is 66.7 Å². The number of hydrogen-bond donors (Lipinski definition) is 1. The van der Waals surface area contributed by atoms with Crippen molar-refractivity contribution in [1.29, 1.82) is 0 Å². The highest BCUT2D eigenvalue weighted by molar-refractivity contribution is 7.99. The van der Waals surface area contributed by atoms with E-state index in [4.69, 9.17) is 0 Å². The lowest BCUT2D eigenvalue weighted by Crippen LogP contribution is -2.22. The lowest BCUT2D eigenvalue weighted by molar-refractivity contribution is -0.115. The van der Waals surface area contributed by atoms with E-state index < -0.39 is 0 Å². The monoisotopic (exact) mass is 339 g/mol. The summed E-state index contributed by atoms with van der Waals surface area (Å²) >= 11 is 1.60. The molecule has 1 amide bonds. The van der Waals surface area contributed by atoms with Crippen LogP contribution in [0.25, 0.3) is 5.95 Å². The zero-order valence-corrected chi connectivity index (χ0v) is 14.0. The first-order chi connectivity index (χ1) is 11.7. The number of anilines is 1. The smallest absolute Gasteiger partial charge is 0.250 e. The Balaban J connectivity index is 1.55. The van der Waals surface area contributed by atoms with Gasteiger partial charge in [-0.05, 0) is 18.6 Å². The molecule has 0 bridgehead atoms. The molecule has 0 radical (unpaired) electrons. The Bertz CT molecular complexity index is 791. The highest BCUT2D eigenvalue weighted by Crippen LogP contribution is 2.19. The SMILES string of the molecule is C[C@H](SCc1ccccc1)C(=O)Nc1cnn(-c2ncccn2)c1. The van der Waals surface area contributed by atoms with E-state index in [1.807, 2.05) is 25.1 Å².